The van der Waals surface area contributed by atoms with E-state index in [4.69, 9.17) is 9.72 Å². The molecule has 0 saturated heterocycles. The number of imidazole rings is 1. The van der Waals surface area contributed by atoms with Crippen LogP contribution in [0.1, 0.15) is 46.7 Å². The molecule has 0 radical (unpaired) electrons. The summed E-state index contributed by atoms with van der Waals surface area (Å²) in [7, 11) is 0. The minimum absolute atomic E-state index is 0.164. The van der Waals surface area contributed by atoms with Crippen LogP contribution in [0.4, 0.5) is 0 Å². The van der Waals surface area contributed by atoms with Gasteiger partial charge in [0.1, 0.15) is 11.6 Å². The van der Waals surface area contributed by atoms with Crippen LogP contribution in [-0.2, 0) is 6.54 Å². The van der Waals surface area contributed by atoms with E-state index in [1.165, 1.54) is 0 Å². The summed E-state index contributed by atoms with van der Waals surface area (Å²) in [6.07, 6.45) is 4.04. The zero-order valence-electron chi connectivity index (χ0n) is 18.7. The molecule has 0 aliphatic rings. The van der Waals surface area contributed by atoms with Crippen LogP contribution >= 0.6 is 0 Å². The van der Waals surface area contributed by atoms with Crippen molar-refractivity contribution in [1.82, 2.24) is 19.9 Å². The zero-order chi connectivity index (χ0) is 22.5. The molecule has 1 N–H and O–H groups in total. The number of carbonyl (C=O) groups is 1. The summed E-state index contributed by atoms with van der Waals surface area (Å²) >= 11 is 0. The van der Waals surface area contributed by atoms with Gasteiger partial charge in [-0.2, -0.15) is 0 Å². The summed E-state index contributed by atoms with van der Waals surface area (Å²) < 4.78 is 8.27. The fourth-order valence-electron chi connectivity index (χ4n) is 3.93. The predicted molar refractivity (Wildman–Crippen MR) is 126 cm³/mol. The summed E-state index contributed by atoms with van der Waals surface area (Å²) in [4.78, 5) is 21.5. The van der Waals surface area contributed by atoms with Crippen LogP contribution in [0.5, 0.6) is 5.75 Å². The highest BCUT2D eigenvalue weighted by Gasteiger charge is 2.19. The van der Waals surface area contributed by atoms with Crippen molar-refractivity contribution in [3.05, 3.63) is 89.5 Å². The maximum Gasteiger partial charge on any atom is 0.253 e. The lowest BCUT2D eigenvalue weighted by molar-refractivity contribution is 0.0937. The van der Waals surface area contributed by atoms with Gasteiger partial charge in [0.2, 0.25) is 0 Å². The van der Waals surface area contributed by atoms with Gasteiger partial charge in [-0.3, -0.25) is 9.78 Å². The summed E-state index contributed by atoms with van der Waals surface area (Å²) in [6.45, 7) is 7.44. The van der Waals surface area contributed by atoms with Gasteiger partial charge in [-0.15, -0.1) is 0 Å². The number of hydrogen-bond acceptors (Lipinski definition) is 4. The first-order chi connectivity index (χ1) is 15.5. The van der Waals surface area contributed by atoms with Crippen LogP contribution in [0.15, 0.2) is 67.0 Å². The van der Waals surface area contributed by atoms with Gasteiger partial charge in [-0.05, 0) is 62.6 Å². The minimum atomic E-state index is -0.255. The molecule has 2 aromatic carbocycles. The number of aryl methyl sites for hydroxylation is 3. The molecule has 0 aliphatic carbocycles. The fourth-order valence-corrected chi connectivity index (χ4v) is 3.93. The van der Waals surface area contributed by atoms with Crippen molar-refractivity contribution in [3.8, 4) is 5.75 Å². The normalized spacial score (nSPS) is 12.0. The van der Waals surface area contributed by atoms with Crippen LogP contribution in [0.25, 0.3) is 11.0 Å². The first kappa shape index (κ1) is 21.6. The third kappa shape index (κ3) is 4.64. The number of carbonyl (C=O) groups excluding carboxylic acids is 1. The molecule has 0 bridgehead atoms. The van der Waals surface area contributed by atoms with E-state index in [0.29, 0.717) is 12.2 Å². The molecule has 2 aromatic heterocycles. The monoisotopic (exact) mass is 428 g/mol. The number of para-hydroxylation sites is 3. The highest BCUT2D eigenvalue weighted by molar-refractivity contribution is 5.94. The van der Waals surface area contributed by atoms with Crippen molar-refractivity contribution in [2.45, 2.75) is 39.8 Å². The second-order valence-electron chi connectivity index (χ2n) is 7.97. The van der Waals surface area contributed by atoms with E-state index in [9.17, 15) is 4.79 Å². The Bertz CT molecular complexity index is 1200. The maximum absolute atomic E-state index is 12.6. The second kappa shape index (κ2) is 9.64. The van der Waals surface area contributed by atoms with Gasteiger partial charge in [-0.25, -0.2) is 4.98 Å². The third-order valence-corrected chi connectivity index (χ3v) is 5.52. The largest absolute Gasteiger partial charge is 0.493 e. The molecule has 1 amide bonds. The van der Waals surface area contributed by atoms with Crippen LogP contribution in [0.3, 0.4) is 0 Å². The number of pyridine rings is 1. The van der Waals surface area contributed by atoms with Gasteiger partial charge in [-0.1, -0.05) is 30.3 Å². The van der Waals surface area contributed by atoms with Gasteiger partial charge < -0.3 is 14.6 Å². The Morgan fingerprint density at radius 2 is 1.84 bits per heavy atom. The van der Waals surface area contributed by atoms with E-state index < -0.39 is 0 Å². The highest BCUT2D eigenvalue weighted by atomic mass is 16.5. The molecule has 1 unspecified atom stereocenters. The summed E-state index contributed by atoms with van der Waals surface area (Å²) in [5.74, 6) is 1.62. The van der Waals surface area contributed by atoms with E-state index in [0.717, 1.165) is 46.7 Å². The first-order valence-corrected chi connectivity index (χ1v) is 10.9. The molecule has 2 heterocycles. The molecule has 6 nitrogen and oxygen atoms in total. The van der Waals surface area contributed by atoms with Gasteiger partial charge >= 0.3 is 0 Å². The van der Waals surface area contributed by atoms with Crippen molar-refractivity contribution < 1.29 is 9.53 Å². The van der Waals surface area contributed by atoms with Crippen LogP contribution in [-0.4, -0.2) is 27.0 Å². The molecule has 0 spiro atoms. The Morgan fingerprint density at radius 3 is 2.59 bits per heavy atom. The fraction of sp³-hybridized carbons (Fsp3) is 0.269. The molecule has 0 aliphatic heterocycles. The average Bonchev–Trinajstić information content (AvgIpc) is 3.17. The van der Waals surface area contributed by atoms with Crippen molar-refractivity contribution >= 4 is 16.9 Å². The Kier molecular flexibility index (Phi) is 6.50. The topological polar surface area (TPSA) is 69.0 Å². The van der Waals surface area contributed by atoms with Crippen molar-refractivity contribution in [3.63, 3.8) is 0 Å². The van der Waals surface area contributed by atoms with Crippen molar-refractivity contribution in [2.24, 2.45) is 0 Å². The quantitative estimate of drug-likeness (QED) is 0.401. The van der Waals surface area contributed by atoms with Gasteiger partial charge in [0.15, 0.2) is 0 Å². The summed E-state index contributed by atoms with van der Waals surface area (Å²) in [5, 5.41) is 3.05. The highest BCUT2D eigenvalue weighted by Crippen LogP contribution is 2.24. The lowest BCUT2D eigenvalue weighted by Crippen LogP contribution is -2.29. The Hall–Kier alpha value is -3.67. The summed E-state index contributed by atoms with van der Waals surface area (Å²) in [6, 6.07) is 17.5. The number of ether oxygens (including phenoxy) is 1. The zero-order valence-corrected chi connectivity index (χ0v) is 18.7. The van der Waals surface area contributed by atoms with E-state index in [1.54, 1.807) is 24.5 Å². The molecular formula is C26H28N4O2. The predicted octanol–water partition coefficient (Wildman–Crippen LogP) is 5.01. The number of fused-ring (bicyclic) bond motifs is 1. The molecule has 4 rings (SSSR count). The molecule has 1 atom stereocenters. The number of hydrogen-bond donors (Lipinski definition) is 1. The maximum atomic E-state index is 12.6. The first-order valence-electron chi connectivity index (χ1n) is 10.9. The molecule has 0 fully saturated rings. The van der Waals surface area contributed by atoms with E-state index >= 15 is 0 Å². The van der Waals surface area contributed by atoms with Crippen LogP contribution < -0.4 is 10.1 Å². The Morgan fingerprint density at radius 1 is 1.06 bits per heavy atom. The Balaban J connectivity index is 1.49. The van der Waals surface area contributed by atoms with Crippen LogP contribution in [0.2, 0.25) is 0 Å². The molecule has 6 heteroatoms. The molecule has 0 saturated carbocycles. The average molecular weight is 429 g/mol. The van der Waals surface area contributed by atoms with E-state index in [2.05, 4.69) is 46.9 Å². The molecule has 4 aromatic rings. The number of rotatable bonds is 8. The number of benzene rings is 2. The lowest BCUT2D eigenvalue weighted by Gasteiger charge is -2.17. The molecule has 32 heavy (non-hydrogen) atoms. The molecular weight excluding hydrogens is 400 g/mol. The van der Waals surface area contributed by atoms with E-state index in [1.807, 2.05) is 31.2 Å². The summed E-state index contributed by atoms with van der Waals surface area (Å²) in [5.41, 5.74) is 4.79. The number of nitrogens with one attached hydrogen (secondary N) is 1. The number of aromatic nitrogens is 3. The van der Waals surface area contributed by atoms with Gasteiger partial charge in [0, 0.05) is 18.9 Å². The number of amides is 1. The van der Waals surface area contributed by atoms with Gasteiger partial charge in [0.05, 0.1) is 29.2 Å². The van der Waals surface area contributed by atoms with Crippen molar-refractivity contribution in [2.75, 3.05) is 6.61 Å². The SMILES string of the molecule is Cc1cccc(C)c1OCCCn1c(C(C)NC(=O)c2cccnc2)nc2ccccc21. The smallest absolute Gasteiger partial charge is 0.253 e. The van der Waals surface area contributed by atoms with Gasteiger partial charge in [0.25, 0.3) is 5.91 Å². The minimum Gasteiger partial charge on any atom is -0.493 e. The van der Waals surface area contributed by atoms with Crippen molar-refractivity contribution in [1.29, 1.82) is 0 Å². The molecule has 164 valence electrons. The number of nitrogens with zero attached hydrogens (tertiary/aromatic N) is 3. The Labute approximate surface area is 188 Å². The van der Waals surface area contributed by atoms with Crippen LogP contribution in [0, 0.1) is 13.8 Å². The second-order valence-corrected chi connectivity index (χ2v) is 7.97. The standard InChI is InChI=1S/C26H28N4O2/c1-18-9-6-10-19(2)24(18)32-16-8-15-30-23-13-5-4-12-22(23)29-25(30)20(3)28-26(31)21-11-7-14-27-17-21/h4-7,9-14,17,20H,8,15-16H2,1-3H3,(H,28,31). The lowest BCUT2D eigenvalue weighted by atomic mass is 10.1. The third-order valence-electron chi connectivity index (χ3n) is 5.52. The van der Waals surface area contributed by atoms with E-state index in [-0.39, 0.29) is 11.9 Å².